The van der Waals surface area contributed by atoms with Crippen LogP contribution in [0.5, 0.6) is 5.75 Å². The van der Waals surface area contributed by atoms with Crippen molar-refractivity contribution in [3.8, 4) is 5.75 Å². The van der Waals surface area contributed by atoms with Gasteiger partial charge in [0.2, 0.25) is 11.6 Å². The number of rotatable bonds is 8. The Labute approximate surface area is 194 Å². The smallest absolute Gasteiger partial charge is 0.210 e. The number of ketones is 4. The average molecular weight is 462 g/mol. The number of methoxy groups -OCH3 is 1. The Morgan fingerprint density at radius 2 is 1.15 bits per heavy atom. The Kier molecular flexibility index (Phi) is 6.40. The van der Waals surface area contributed by atoms with E-state index in [1.807, 2.05) is 0 Å². The third-order valence-corrected chi connectivity index (χ3v) is 5.62. The van der Waals surface area contributed by atoms with Gasteiger partial charge >= 0.3 is 0 Å². The van der Waals surface area contributed by atoms with Gasteiger partial charge in [0.25, 0.3) is 0 Å². The molecule has 9 nitrogen and oxygen atoms in total. The fourth-order valence-electron chi connectivity index (χ4n) is 4.08. The normalized spacial score (nSPS) is 15.4. The van der Waals surface area contributed by atoms with E-state index in [9.17, 15) is 29.4 Å². The molecule has 0 fully saturated rings. The van der Waals surface area contributed by atoms with Crippen molar-refractivity contribution >= 4 is 23.1 Å². The van der Waals surface area contributed by atoms with E-state index < -0.39 is 23.1 Å². The van der Waals surface area contributed by atoms with Crippen LogP contribution in [0.25, 0.3) is 0 Å². The number of allylic oxidation sites excluding steroid dienone is 4. The Hall–Kier alpha value is -4.08. The third kappa shape index (κ3) is 3.70. The largest absolute Gasteiger partial charge is 0.497 e. The third-order valence-electron chi connectivity index (χ3n) is 5.62. The Balaban J connectivity index is 2.00. The highest BCUT2D eigenvalue weighted by atomic mass is 16.5. The highest BCUT2D eigenvalue weighted by molar-refractivity contribution is 6.36. The number of fused-ring (bicyclic) bond motifs is 2. The molecular weight excluding hydrogens is 440 g/mol. The van der Waals surface area contributed by atoms with Crippen LogP contribution >= 0.6 is 0 Å². The second kappa shape index (κ2) is 9.42. The Bertz CT molecular complexity index is 1290. The maximum absolute atomic E-state index is 13.7. The number of aliphatic hydroxyl groups excluding tert-OH is 2. The second-order valence-corrected chi connectivity index (χ2v) is 7.57. The standard InChI is InChI=1S/C25H22N2O7/c1-34-13-6-7-16-17(12-13)25(33)21(27-9-11-29)19(23(16)31)18-20(26-8-10-28)24(32)15-5-3-2-4-14(15)22(18)30/h2-7,12,26-29H,8-11H2,1H3. The number of Topliss-reactive ketones (excluding diaryl/α,β-unsaturated/α-hetero) is 4. The summed E-state index contributed by atoms with van der Waals surface area (Å²) in [5.41, 5.74) is -0.485. The van der Waals surface area contributed by atoms with Crippen LogP contribution in [0.4, 0.5) is 0 Å². The molecule has 2 aliphatic rings. The zero-order valence-corrected chi connectivity index (χ0v) is 18.3. The van der Waals surface area contributed by atoms with Crippen LogP contribution in [0.2, 0.25) is 0 Å². The zero-order valence-electron chi connectivity index (χ0n) is 18.3. The van der Waals surface area contributed by atoms with Gasteiger partial charge in [0.15, 0.2) is 11.6 Å². The van der Waals surface area contributed by atoms with Crippen LogP contribution < -0.4 is 15.4 Å². The summed E-state index contributed by atoms with van der Waals surface area (Å²) in [6.45, 7) is -0.789. The summed E-state index contributed by atoms with van der Waals surface area (Å²) in [5.74, 6) is -1.98. The van der Waals surface area contributed by atoms with Crippen LogP contribution in [0.3, 0.4) is 0 Å². The lowest BCUT2D eigenvalue weighted by molar-refractivity contribution is 0.0945. The Morgan fingerprint density at radius 1 is 0.676 bits per heavy atom. The number of benzene rings is 2. The van der Waals surface area contributed by atoms with Gasteiger partial charge in [0, 0.05) is 35.3 Å². The molecule has 0 heterocycles. The highest BCUT2D eigenvalue weighted by Gasteiger charge is 2.41. The molecule has 2 aromatic carbocycles. The zero-order chi connectivity index (χ0) is 24.4. The molecule has 0 bridgehead atoms. The van der Waals surface area contributed by atoms with Crippen molar-refractivity contribution in [3.05, 3.63) is 87.3 Å². The fourth-order valence-corrected chi connectivity index (χ4v) is 4.08. The van der Waals surface area contributed by atoms with Crippen LogP contribution in [-0.2, 0) is 0 Å². The van der Waals surface area contributed by atoms with E-state index in [1.165, 1.54) is 37.4 Å². The molecule has 0 saturated carbocycles. The number of aliphatic hydroxyl groups is 2. The molecule has 4 N–H and O–H groups in total. The van der Waals surface area contributed by atoms with Gasteiger partial charge in [0.05, 0.1) is 42.9 Å². The first-order valence-corrected chi connectivity index (χ1v) is 10.6. The molecule has 0 saturated heterocycles. The predicted molar refractivity (Wildman–Crippen MR) is 121 cm³/mol. The highest BCUT2D eigenvalue weighted by Crippen LogP contribution is 2.36. The van der Waals surface area contributed by atoms with E-state index in [0.29, 0.717) is 5.75 Å². The second-order valence-electron chi connectivity index (χ2n) is 7.57. The molecule has 174 valence electrons. The molecule has 2 aliphatic carbocycles. The van der Waals surface area contributed by atoms with E-state index >= 15 is 0 Å². The number of hydrogen-bond donors (Lipinski definition) is 4. The maximum atomic E-state index is 13.7. The van der Waals surface area contributed by atoms with Crippen LogP contribution in [-0.4, -0.2) is 66.8 Å². The van der Waals surface area contributed by atoms with Crippen molar-refractivity contribution in [2.24, 2.45) is 0 Å². The van der Waals surface area contributed by atoms with Gasteiger partial charge in [-0.2, -0.15) is 0 Å². The van der Waals surface area contributed by atoms with Gasteiger partial charge in [-0.05, 0) is 18.2 Å². The average Bonchev–Trinajstić information content (AvgIpc) is 2.86. The SMILES string of the molecule is COc1ccc2c(c1)C(=O)C(NCCO)=C(C1=C(NCCO)C(=O)c3ccccc3C1=O)C2=O. The van der Waals surface area contributed by atoms with Crippen molar-refractivity contribution < 1.29 is 34.1 Å². The molecule has 0 unspecified atom stereocenters. The molecule has 0 radical (unpaired) electrons. The lowest BCUT2D eigenvalue weighted by Crippen LogP contribution is -2.38. The number of ether oxygens (including phenoxy) is 1. The summed E-state index contributed by atoms with van der Waals surface area (Å²) in [7, 11) is 1.43. The molecule has 4 rings (SSSR count). The van der Waals surface area contributed by atoms with Crippen molar-refractivity contribution in [2.45, 2.75) is 0 Å². The Morgan fingerprint density at radius 3 is 1.65 bits per heavy atom. The maximum Gasteiger partial charge on any atom is 0.210 e. The lowest BCUT2D eigenvalue weighted by atomic mass is 9.77. The van der Waals surface area contributed by atoms with E-state index in [1.54, 1.807) is 12.1 Å². The first-order valence-electron chi connectivity index (χ1n) is 10.6. The van der Waals surface area contributed by atoms with Gasteiger partial charge in [-0.15, -0.1) is 0 Å². The van der Waals surface area contributed by atoms with Gasteiger partial charge in [0.1, 0.15) is 5.75 Å². The van der Waals surface area contributed by atoms with E-state index in [4.69, 9.17) is 4.74 Å². The molecule has 9 heteroatoms. The molecule has 34 heavy (non-hydrogen) atoms. The summed E-state index contributed by atoms with van der Waals surface area (Å²) in [6.07, 6.45) is 0. The molecule has 2 aromatic rings. The first kappa shape index (κ1) is 23.1. The van der Waals surface area contributed by atoms with Gasteiger partial charge in [-0.25, -0.2) is 0 Å². The van der Waals surface area contributed by atoms with E-state index in [-0.39, 0.29) is 71.1 Å². The summed E-state index contributed by atoms with van der Waals surface area (Å²) in [4.78, 5) is 54.1. The van der Waals surface area contributed by atoms with Crippen molar-refractivity contribution in [2.75, 3.05) is 33.4 Å². The van der Waals surface area contributed by atoms with Crippen molar-refractivity contribution in [1.29, 1.82) is 0 Å². The van der Waals surface area contributed by atoms with Gasteiger partial charge < -0.3 is 25.6 Å². The van der Waals surface area contributed by atoms with Gasteiger partial charge in [-0.1, -0.05) is 24.3 Å². The van der Waals surface area contributed by atoms with E-state index in [2.05, 4.69) is 10.6 Å². The van der Waals surface area contributed by atoms with Crippen LogP contribution in [0.15, 0.2) is 65.0 Å². The molecule has 0 atom stereocenters. The first-order chi connectivity index (χ1) is 16.4. The molecule has 0 amide bonds. The molecule has 0 aromatic heterocycles. The topological polar surface area (TPSA) is 142 Å². The minimum absolute atomic E-state index is 0.0530. The van der Waals surface area contributed by atoms with Crippen molar-refractivity contribution in [1.82, 2.24) is 10.6 Å². The van der Waals surface area contributed by atoms with Crippen LogP contribution in [0, 0.1) is 0 Å². The minimum Gasteiger partial charge on any atom is -0.497 e. The van der Waals surface area contributed by atoms with Gasteiger partial charge in [-0.3, -0.25) is 19.2 Å². The number of hydrogen-bond acceptors (Lipinski definition) is 9. The monoisotopic (exact) mass is 462 g/mol. The molecule has 0 spiro atoms. The summed E-state index contributed by atoms with van der Waals surface area (Å²) in [6, 6.07) is 10.6. The number of carbonyl (C=O) groups excluding carboxylic acids is 4. The number of nitrogens with one attached hydrogen (secondary N) is 2. The molecule has 0 aliphatic heterocycles. The lowest BCUT2D eigenvalue weighted by Gasteiger charge is -2.27. The summed E-state index contributed by atoms with van der Waals surface area (Å²) in [5, 5.41) is 24.2. The number of carbonyl (C=O) groups is 4. The quantitative estimate of drug-likeness (QED) is 0.449. The molecular formula is C25H22N2O7. The summed E-state index contributed by atoms with van der Waals surface area (Å²) >= 11 is 0. The summed E-state index contributed by atoms with van der Waals surface area (Å²) < 4.78 is 5.17. The fraction of sp³-hybridized carbons (Fsp3) is 0.200. The minimum atomic E-state index is -0.628. The van der Waals surface area contributed by atoms with Crippen molar-refractivity contribution in [3.63, 3.8) is 0 Å². The van der Waals surface area contributed by atoms with E-state index in [0.717, 1.165) is 0 Å². The van der Waals surface area contributed by atoms with Crippen LogP contribution in [0.1, 0.15) is 41.4 Å². The predicted octanol–water partition coefficient (Wildman–Crippen LogP) is 0.825.